The van der Waals surface area contributed by atoms with Crippen molar-refractivity contribution in [2.75, 3.05) is 10.8 Å². The highest BCUT2D eigenvalue weighted by Gasteiger charge is 2.24. The number of benzene rings is 2. The zero-order valence-corrected chi connectivity index (χ0v) is 13.8. The fraction of sp³-hybridized carbons (Fsp3) is 0.200. The molecule has 0 radical (unpaired) electrons. The minimum Gasteiger partial charge on any atom is -0.266 e. The quantitative estimate of drug-likeness (QED) is 0.833. The zero-order valence-electron chi connectivity index (χ0n) is 11.4. The van der Waals surface area contributed by atoms with Gasteiger partial charge in [-0.2, -0.15) is 0 Å². The second-order valence-electron chi connectivity index (χ2n) is 4.41. The Hall–Kier alpha value is -1.33. The largest absolute Gasteiger partial charge is 0.266 e. The van der Waals surface area contributed by atoms with E-state index in [4.69, 9.17) is 0 Å². The summed E-state index contributed by atoms with van der Waals surface area (Å²) in [5.74, 6) is 0. The number of para-hydroxylation sites is 1. The molecule has 0 spiro atoms. The minimum atomic E-state index is -3.53. The number of nitrogens with zero attached hydrogens (tertiary/aromatic N) is 1. The first-order valence-corrected chi connectivity index (χ1v) is 8.54. The third kappa shape index (κ3) is 2.88. The molecule has 0 aliphatic rings. The zero-order chi connectivity index (χ0) is 14.8. The van der Waals surface area contributed by atoms with Crippen LogP contribution in [0.1, 0.15) is 12.5 Å². The van der Waals surface area contributed by atoms with Crippen LogP contribution < -0.4 is 4.31 Å². The molecule has 0 fully saturated rings. The number of hydrogen-bond donors (Lipinski definition) is 0. The van der Waals surface area contributed by atoms with Gasteiger partial charge in [-0.15, -0.1) is 0 Å². The van der Waals surface area contributed by atoms with Crippen LogP contribution in [0.5, 0.6) is 0 Å². The Labute approximate surface area is 128 Å². The summed E-state index contributed by atoms with van der Waals surface area (Å²) in [7, 11) is -3.53. The number of halogens is 1. The third-order valence-corrected chi connectivity index (χ3v) is 5.50. The fourth-order valence-electron chi connectivity index (χ4n) is 2.05. The van der Waals surface area contributed by atoms with Gasteiger partial charge in [0.05, 0.1) is 10.6 Å². The van der Waals surface area contributed by atoms with Crippen LogP contribution in [0.25, 0.3) is 0 Å². The van der Waals surface area contributed by atoms with Gasteiger partial charge in [-0.3, -0.25) is 4.31 Å². The van der Waals surface area contributed by atoms with Gasteiger partial charge < -0.3 is 0 Å². The predicted octanol–water partition coefficient (Wildman–Crippen LogP) is 3.97. The maximum absolute atomic E-state index is 12.7. The molecule has 0 aliphatic heterocycles. The first-order chi connectivity index (χ1) is 9.46. The van der Waals surface area contributed by atoms with Crippen molar-refractivity contribution in [1.29, 1.82) is 0 Å². The lowest BCUT2D eigenvalue weighted by Gasteiger charge is -2.24. The summed E-state index contributed by atoms with van der Waals surface area (Å²) in [6.45, 7) is 4.14. The van der Waals surface area contributed by atoms with Crippen LogP contribution in [0.15, 0.2) is 57.9 Å². The van der Waals surface area contributed by atoms with E-state index in [0.717, 1.165) is 15.7 Å². The molecule has 20 heavy (non-hydrogen) atoms. The van der Waals surface area contributed by atoms with Gasteiger partial charge in [-0.05, 0) is 49.7 Å². The molecule has 0 unspecified atom stereocenters. The molecule has 0 saturated heterocycles. The van der Waals surface area contributed by atoms with Gasteiger partial charge in [0.1, 0.15) is 0 Å². The maximum Gasteiger partial charge on any atom is 0.264 e. The number of rotatable bonds is 4. The Kier molecular flexibility index (Phi) is 4.50. The van der Waals surface area contributed by atoms with Crippen molar-refractivity contribution >= 4 is 31.6 Å². The predicted molar refractivity (Wildman–Crippen MR) is 85.5 cm³/mol. The summed E-state index contributed by atoms with van der Waals surface area (Å²) in [4.78, 5) is 0.297. The normalized spacial score (nSPS) is 11.3. The molecule has 0 aliphatic carbocycles. The van der Waals surface area contributed by atoms with Crippen molar-refractivity contribution in [3.8, 4) is 0 Å². The molecular formula is C15H16BrNO2S. The summed E-state index contributed by atoms with van der Waals surface area (Å²) in [5, 5.41) is 0. The topological polar surface area (TPSA) is 37.4 Å². The van der Waals surface area contributed by atoms with E-state index in [9.17, 15) is 8.42 Å². The van der Waals surface area contributed by atoms with Gasteiger partial charge in [-0.25, -0.2) is 8.42 Å². The summed E-state index contributed by atoms with van der Waals surface area (Å²) < 4.78 is 27.8. The number of anilines is 1. The molecule has 0 heterocycles. The van der Waals surface area contributed by atoms with Crippen LogP contribution in [0, 0.1) is 6.92 Å². The van der Waals surface area contributed by atoms with Crippen LogP contribution >= 0.6 is 15.9 Å². The molecule has 0 N–H and O–H groups in total. The molecule has 106 valence electrons. The van der Waals surface area contributed by atoms with Crippen LogP contribution in [0.2, 0.25) is 0 Å². The van der Waals surface area contributed by atoms with E-state index in [2.05, 4.69) is 15.9 Å². The Balaban J connectivity index is 2.51. The molecule has 2 aromatic rings. The maximum atomic E-state index is 12.7. The van der Waals surface area contributed by atoms with Gasteiger partial charge in [0.15, 0.2) is 0 Å². The van der Waals surface area contributed by atoms with E-state index in [1.165, 1.54) is 4.31 Å². The van der Waals surface area contributed by atoms with E-state index in [0.29, 0.717) is 11.4 Å². The first-order valence-electron chi connectivity index (χ1n) is 6.30. The van der Waals surface area contributed by atoms with Crippen molar-refractivity contribution in [2.24, 2.45) is 0 Å². The molecule has 2 rings (SSSR count). The van der Waals surface area contributed by atoms with E-state index < -0.39 is 10.0 Å². The number of aryl methyl sites for hydroxylation is 1. The summed E-state index contributed by atoms with van der Waals surface area (Å²) >= 11 is 3.31. The standard InChI is InChI=1S/C15H16BrNO2S/c1-3-17(15-7-5-4-6-12(15)2)20(18,19)14-10-8-13(16)9-11-14/h4-11H,3H2,1-2H3. The Bertz CT molecular complexity index is 696. The lowest BCUT2D eigenvalue weighted by atomic mass is 10.2. The lowest BCUT2D eigenvalue weighted by molar-refractivity contribution is 0.591. The Morgan fingerprint density at radius 3 is 2.20 bits per heavy atom. The van der Waals surface area contributed by atoms with E-state index in [1.807, 2.05) is 38.1 Å². The summed E-state index contributed by atoms with van der Waals surface area (Å²) in [6, 6.07) is 14.2. The van der Waals surface area contributed by atoms with Crippen LogP contribution in [0.3, 0.4) is 0 Å². The van der Waals surface area contributed by atoms with Crippen molar-refractivity contribution in [3.63, 3.8) is 0 Å². The van der Waals surface area contributed by atoms with Crippen molar-refractivity contribution in [3.05, 3.63) is 58.6 Å². The smallest absolute Gasteiger partial charge is 0.264 e. The molecule has 3 nitrogen and oxygen atoms in total. The van der Waals surface area contributed by atoms with Gasteiger partial charge >= 0.3 is 0 Å². The van der Waals surface area contributed by atoms with Gasteiger partial charge in [-0.1, -0.05) is 34.1 Å². The van der Waals surface area contributed by atoms with E-state index in [1.54, 1.807) is 24.3 Å². The summed E-state index contributed by atoms with van der Waals surface area (Å²) in [6.07, 6.45) is 0. The minimum absolute atomic E-state index is 0.297. The van der Waals surface area contributed by atoms with Crippen LogP contribution in [0.4, 0.5) is 5.69 Å². The van der Waals surface area contributed by atoms with Crippen molar-refractivity contribution in [1.82, 2.24) is 0 Å². The molecule has 0 aromatic heterocycles. The highest BCUT2D eigenvalue weighted by molar-refractivity contribution is 9.10. The number of sulfonamides is 1. The van der Waals surface area contributed by atoms with E-state index in [-0.39, 0.29) is 0 Å². The Morgan fingerprint density at radius 2 is 1.65 bits per heavy atom. The average Bonchev–Trinajstić information content (AvgIpc) is 2.42. The van der Waals surface area contributed by atoms with Crippen molar-refractivity contribution in [2.45, 2.75) is 18.7 Å². The lowest BCUT2D eigenvalue weighted by Crippen LogP contribution is -2.31. The van der Waals surface area contributed by atoms with Crippen LogP contribution in [-0.2, 0) is 10.0 Å². The molecule has 0 bridgehead atoms. The molecule has 0 amide bonds. The van der Waals surface area contributed by atoms with Crippen molar-refractivity contribution < 1.29 is 8.42 Å². The van der Waals surface area contributed by atoms with Gasteiger partial charge in [0.2, 0.25) is 0 Å². The van der Waals surface area contributed by atoms with Crippen LogP contribution in [-0.4, -0.2) is 15.0 Å². The van der Waals surface area contributed by atoms with Gasteiger partial charge in [0.25, 0.3) is 10.0 Å². The molecular weight excluding hydrogens is 338 g/mol. The molecule has 5 heteroatoms. The third-order valence-electron chi connectivity index (χ3n) is 3.07. The Morgan fingerprint density at radius 1 is 1.05 bits per heavy atom. The highest BCUT2D eigenvalue weighted by atomic mass is 79.9. The number of hydrogen-bond acceptors (Lipinski definition) is 2. The van der Waals surface area contributed by atoms with Gasteiger partial charge in [0, 0.05) is 11.0 Å². The first kappa shape index (κ1) is 15.1. The highest BCUT2D eigenvalue weighted by Crippen LogP contribution is 2.26. The molecule has 2 aromatic carbocycles. The molecule has 0 saturated carbocycles. The second-order valence-corrected chi connectivity index (χ2v) is 7.19. The monoisotopic (exact) mass is 353 g/mol. The summed E-state index contributed by atoms with van der Waals surface area (Å²) in [5.41, 5.74) is 1.66. The average molecular weight is 354 g/mol. The fourth-order valence-corrected chi connectivity index (χ4v) is 3.85. The molecule has 0 atom stereocenters. The SMILES string of the molecule is CCN(c1ccccc1C)S(=O)(=O)c1ccc(Br)cc1. The van der Waals surface area contributed by atoms with E-state index >= 15 is 0 Å². The second kappa shape index (κ2) is 5.97.